The molecule has 0 amide bonds. The molecule has 0 aliphatic carbocycles. The van der Waals surface area contributed by atoms with Gasteiger partial charge in [0.25, 0.3) is 0 Å². The number of rotatable bonds is 6. The molecule has 0 radical (unpaired) electrons. The second-order valence-electron chi connectivity index (χ2n) is 6.00. The number of hydrogen-bond acceptors (Lipinski definition) is 4. The fourth-order valence-corrected chi connectivity index (χ4v) is 2.57. The lowest BCUT2D eigenvalue weighted by atomic mass is 10.1. The van der Waals surface area contributed by atoms with Crippen LogP contribution in [0.25, 0.3) is 21.8 Å². The topological polar surface area (TPSA) is 54.4 Å². The molecule has 23 heavy (non-hydrogen) atoms. The number of hydrogen-bond donors (Lipinski definition) is 2. The Bertz CT molecular complexity index is 748. The average Bonchev–Trinajstić information content (AvgIpc) is 2.56. The minimum Gasteiger partial charge on any atom is -0.489 e. The van der Waals surface area contributed by atoms with Crippen molar-refractivity contribution in [3.63, 3.8) is 0 Å². The van der Waals surface area contributed by atoms with Crippen molar-refractivity contribution in [1.29, 1.82) is 0 Å². The van der Waals surface area contributed by atoms with Gasteiger partial charge in [-0.2, -0.15) is 0 Å². The number of nitrogens with one attached hydrogen (secondary N) is 1. The van der Waals surface area contributed by atoms with Crippen LogP contribution in [0.2, 0.25) is 0 Å². The van der Waals surface area contributed by atoms with Crippen LogP contribution in [0, 0.1) is 0 Å². The summed E-state index contributed by atoms with van der Waals surface area (Å²) in [5.41, 5.74) is 1.80. The van der Waals surface area contributed by atoms with E-state index in [0.717, 1.165) is 27.6 Å². The Balaban J connectivity index is 1.91. The first-order chi connectivity index (χ1) is 11.1. The summed E-state index contributed by atoms with van der Waals surface area (Å²) < 4.78 is 6.00. The van der Waals surface area contributed by atoms with Gasteiger partial charge < -0.3 is 15.2 Å². The van der Waals surface area contributed by atoms with E-state index in [0.29, 0.717) is 12.6 Å². The highest BCUT2D eigenvalue weighted by atomic mass is 16.5. The quantitative estimate of drug-likeness (QED) is 0.687. The van der Waals surface area contributed by atoms with E-state index in [-0.39, 0.29) is 6.61 Å². The van der Waals surface area contributed by atoms with E-state index >= 15 is 0 Å². The van der Waals surface area contributed by atoms with Gasteiger partial charge in [-0.3, -0.25) is 0 Å². The summed E-state index contributed by atoms with van der Waals surface area (Å²) in [7, 11) is 0. The predicted molar refractivity (Wildman–Crippen MR) is 93.9 cm³/mol. The first-order valence-corrected chi connectivity index (χ1v) is 7.97. The molecule has 4 heteroatoms. The molecule has 0 aliphatic rings. The van der Waals surface area contributed by atoms with Crippen molar-refractivity contribution in [2.75, 3.05) is 13.2 Å². The molecule has 0 saturated carbocycles. The third-order valence-corrected chi connectivity index (χ3v) is 3.72. The van der Waals surface area contributed by atoms with Crippen molar-refractivity contribution < 1.29 is 9.84 Å². The number of aromatic nitrogens is 1. The highest BCUT2D eigenvalue weighted by Gasteiger charge is 2.12. The lowest BCUT2D eigenvalue weighted by Gasteiger charge is -2.17. The summed E-state index contributed by atoms with van der Waals surface area (Å²) >= 11 is 0. The van der Waals surface area contributed by atoms with E-state index in [9.17, 15) is 5.11 Å². The SMILES string of the molecule is CC(C)NC[C@H](O)COc1c2ccccc2nc2ccccc12. The molecule has 1 aromatic heterocycles. The van der Waals surface area contributed by atoms with Crippen LogP contribution in [0.3, 0.4) is 0 Å². The third-order valence-electron chi connectivity index (χ3n) is 3.72. The predicted octanol–water partition coefficient (Wildman–Crippen LogP) is 3.13. The van der Waals surface area contributed by atoms with Gasteiger partial charge in [-0.1, -0.05) is 38.1 Å². The van der Waals surface area contributed by atoms with Crippen molar-refractivity contribution in [2.24, 2.45) is 0 Å². The lowest BCUT2D eigenvalue weighted by molar-refractivity contribution is 0.106. The molecule has 3 rings (SSSR count). The Labute approximate surface area is 136 Å². The number of pyridine rings is 1. The molecule has 3 aromatic rings. The maximum Gasteiger partial charge on any atom is 0.138 e. The zero-order chi connectivity index (χ0) is 16.2. The van der Waals surface area contributed by atoms with Gasteiger partial charge in [0, 0.05) is 23.4 Å². The van der Waals surface area contributed by atoms with E-state index in [1.54, 1.807) is 0 Å². The van der Waals surface area contributed by atoms with Crippen LogP contribution in [-0.2, 0) is 0 Å². The van der Waals surface area contributed by atoms with Crippen LogP contribution in [0.15, 0.2) is 48.5 Å². The largest absolute Gasteiger partial charge is 0.489 e. The molecule has 0 unspecified atom stereocenters. The van der Waals surface area contributed by atoms with Crippen molar-refractivity contribution >= 4 is 21.8 Å². The van der Waals surface area contributed by atoms with Gasteiger partial charge in [-0.05, 0) is 24.3 Å². The first kappa shape index (κ1) is 15.7. The van der Waals surface area contributed by atoms with E-state index in [1.807, 2.05) is 48.5 Å². The van der Waals surface area contributed by atoms with Gasteiger partial charge in [0.1, 0.15) is 18.5 Å². The Hall–Kier alpha value is -2.17. The molecule has 0 bridgehead atoms. The van der Waals surface area contributed by atoms with Gasteiger partial charge in [0.15, 0.2) is 0 Å². The minimum absolute atomic E-state index is 0.248. The molecule has 1 heterocycles. The van der Waals surface area contributed by atoms with Crippen molar-refractivity contribution in [3.8, 4) is 5.75 Å². The number of benzene rings is 2. The Morgan fingerprint density at radius 2 is 1.57 bits per heavy atom. The zero-order valence-electron chi connectivity index (χ0n) is 13.5. The smallest absolute Gasteiger partial charge is 0.138 e. The number of ether oxygens (including phenoxy) is 1. The summed E-state index contributed by atoms with van der Waals surface area (Å²) in [6.45, 7) is 4.87. The second-order valence-corrected chi connectivity index (χ2v) is 6.00. The number of aliphatic hydroxyl groups excluding tert-OH is 1. The molecule has 0 fully saturated rings. The van der Waals surface area contributed by atoms with Gasteiger partial charge in [0.2, 0.25) is 0 Å². The van der Waals surface area contributed by atoms with Crippen LogP contribution in [-0.4, -0.2) is 35.4 Å². The summed E-state index contributed by atoms with van der Waals surface area (Å²) in [5, 5.41) is 15.2. The fraction of sp³-hybridized carbons (Fsp3) is 0.316. The number of nitrogens with zero attached hydrogens (tertiary/aromatic N) is 1. The van der Waals surface area contributed by atoms with Crippen LogP contribution in [0.5, 0.6) is 5.75 Å². The fourth-order valence-electron chi connectivity index (χ4n) is 2.57. The zero-order valence-corrected chi connectivity index (χ0v) is 13.5. The molecule has 4 nitrogen and oxygen atoms in total. The third kappa shape index (κ3) is 3.60. The molecule has 2 N–H and O–H groups in total. The lowest BCUT2D eigenvalue weighted by Crippen LogP contribution is -2.35. The number of para-hydroxylation sites is 2. The standard InChI is InChI=1S/C19H22N2O2/c1-13(2)20-11-14(22)12-23-19-15-7-3-5-9-17(15)21-18-10-6-4-8-16(18)19/h3-10,13-14,20,22H,11-12H2,1-2H3/t14-/m0/s1. The summed E-state index contributed by atoms with van der Waals surface area (Å²) in [4.78, 5) is 4.67. The molecule has 0 saturated heterocycles. The van der Waals surface area contributed by atoms with Gasteiger partial charge in [0.05, 0.1) is 11.0 Å². The van der Waals surface area contributed by atoms with Gasteiger partial charge in [-0.15, -0.1) is 0 Å². The molecule has 0 spiro atoms. The van der Waals surface area contributed by atoms with E-state index in [4.69, 9.17) is 4.74 Å². The Morgan fingerprint density at radius 3 is 2.13 bits per heavy atom. The monoisotopic (exact) mass is 310 g/mol. The van der Waals surface area contributed by atoms with Crippen LogP contribution < -0.4 is 10.1 Å². The Morgan fingerprint density at radius 1 is 1.00 bits per heavy atom. The highest BCUT2D eigenvalue weighted by Crippen LogP contribution is 2.32. The van der Waals surface area contributed by atoms with Gasteiger partial charge in [-0.25, -0.2) is 4.98 Å². The number of aliphatic hydroxyl groups is 1. The maximum absolute atomic E-state index is 10.1. The van der Waals surface area contributed by atoms with E-state index in [2.05, 4.69) is 24.1 Å². The van der Waals surface area contributed by atoms with Crippen molar-refractivity contribution in [1.82, 2.24) is 10.3 Å². The second kappa shape index (κ2) is 6.94. The van der Waals surface area contributed by atoms with Crippen LogP contribution >= 0.6 is 0 Å². The first-order valence-electron chi connectivity index (χ1n) is 7.97. The summed E-state index contributed by atoms with van der Waals surface area (Å²) in [6.07, 6.45) is -0.553. The molecule has 2 aromatic carbocycles. The highest BCUT2D eigenvalue weighted by molar-refractivity contribution is 6.00. The maximum atomic E-state index is 10.1. The van der Waals surface area contributed by atoms with E-state index in [1.165, 1.54) is 0 Å². The molecular formula is C19H22N2O2. The van der Waals surface area contributed by atoms with E-state index < -0.39 is 6.10 Å². The average molecular weight is 310 g/mol. The summed E-state index contributed by atoms with van der Waals surface area (Å²) in [6, 6.07) is 16.2. The number of fused-ring (bicyclic) bond motifs is 2. The van der Waals surface area contributed by atoms with Crippen molar-refractivity contribution in [2.45, 2.75) is 26.0 Å². The van der Waals surface area contributed by atoms with Crippen molar-refractivity contribution in [3.05, 3.63) is 48.5 Å². The molecule has 120 valence electrons. The van der Waals surface area contributed by atoms with Gasteiger partial charge >= 0.3 is 0 Å². The normalized spacial score (nSPS) is 12.9. The Kier molecular flexibility index (Phi) is 4.74. The minimum atomic E-state index is -0.553. The molecule has 1 atom stereocenters. The van der Waals surface area contributed by atoms with Crippen LogP contribution in [0.4, 0.5) is 0 Å². The summed E-state index contributed by atoms with van der Waals surface area (Å²) in [5.74, 6) is 0.787. The molecular weight excluding hydrogens is 288 g/mol. The van der Waals surface area contributed by atoms with Crippen LogP contribution in [0.1, 0.15) is 13.8 Å². The molecule has 0 aliphatic heterocycles.